The molecule has 6 nitrogen and oxygen atoms in total. The fourth-order valence-electron chi connectivity index (χ4n) is 3.56. The molecule has 31 heavy (non-hydrogen) atoms. The van der Waals surface area contributed by atoms with Crippen LogP contribution in [0.3, 0.4) is 0 Å². The predicted molar refractivity (Wildman–Crippen MR) is 119 cm³/mol. The summed E-state index contributed by atoms with van der Waals surface area (Å²) in [6.45, 7) is 0.649. The van der Waals surface area contributed by atoms with Gasteiger partial charge in [0.05, 0.1) is 0 Å². The summed E-state index contributed by atoms with van der Waals surface area (Å²) in [6, 6.07) is 27.3. The second kappa shape index (κ2) is 9.36. The predicted octanol–water partition coefficient (Wildman–Crippen LogP) is 4.32. The molecule has 1 aromatic heterocycles. The van der Waals surface area contributed by atoms with Gasteiger partial charge in [0.2, 0.25) is 11.7 Å². The number of hydrogen-bond donors (Lipinski definition) is 1. The first kappa shape index (κ1) is 20.5. The molecule has 1 N–H and O–H groups in total. The number of rotatable bonds is 7. The van der Waals surface area contributed by atoms with E-state index in [1.165, 1.54) is 0 Å². The van der Waals surface area contributed by atoms with Crippen LogP contribution in [0.2, 0.25) is 0 Å². The van der Waals surface area contributed by atoms with E-state index >= 15 is 0 Å². The van der Waals surface area contributed by atoms with Crippen molar-refractivity contribution in [3.63, 3.8) is 0 Å². The van der Waals surface area contributed by atoms with Crippen molar-refractivity contribution >= 4 is 5.91 Å². The van der Waals surface area contributed by atoms with Crippen LogP contribution in [-0.2, 0) is 6.54 Å². The smallest absolute Gasteiger partial charge is 0.251 e. The van der Waals surface area contributed by atoms with E-state index < -0.39 is 0 Å². The molecule has 1 amide bonds. The molecule has 156 valence electrons. The SMILES string of the molecule is CNC(=O)c1ccc(CN(C)[C@@H](c2ccccc2)c2nc(-c3ccccc3)no2)cc1. The Hall–Kier alpha value is -3.77. The molecule has 3 aromatic carbocycles. The molecule has 0 bridgehead atoms. The van der Waals surface area contributed by atoms with E-state index in [0.29, 0.717) is 23.8 Å². The molecule has 4 aromatic rings. The van der Waals surface area contributed by atoms with Crippen LogP contribution >= 0.6 is 0 Å². The van der Waals surface area contributed by atoms with Gasteiger partial charge in [-0.1, -0.05) is 78.0 Å². The molecule has 0 aliphatic heterocycles. The van der Waals surface area contributed by atoms with E-state index in [2.05, 4.69) is 27.5 Å². The maximum Gasteiger partial charge on any atom is 0.251 e. The summed E-state index contributed by atoms with van der Waals surface area (Å²) < 4.78 is 5.70. The number of hydrogen-bond acceptors (Lipinski definition) is 5. The zero-order chi connectivity index (χ0) is 21.6. The summed E-state index contributed by atoms with van der Waals surface area (Å²) in [7, 11) is 3.65. The molecule has 0 aliphatic rings. The minimum Gasteiger partial charge on any atom is -0.355 e. The molecule has 0 radical (unpaired) electrons. The van der Waals surface area contributed by atoms with Crippen LogP contribution < -0.4 is 5.32 Å². The third-order valence-electron chi connectivity index (χ3n) is 5.14. The molecule has 0 saturated heterocycles. The summed E-state index contributed by atoms with van der Waals surface area (Å²) in [6.07, 6.45) is 0. The first-order valence-corrected chi connectivity index (χ1v) is 10.1. The molecule has 0 saturated carbocycles. The van der Waals surface area contributed by atoms with Crippen molar-refractivity contribution in [3.05, 3.63) is 108 Å². The number of carbonyl (C=O) groups excluding carboxylic acids is 1. The van der Waals surface area contributed by atoms with Gasteiger partial charge in [0.15, 0.2) is 0 Å². The molecule has 0 unspecified atom stereocenters. The highest BCUT2D eigenvalue weighted by Crippen LogP contribution is 2.29. The minimum absolute atomic E-state index is 0.0960. The Labute approximate surface area is 181 Å². The monoisotopic (exact) mass is 412 g/mol. The second-order valence-corrected chi connectivity index (χ2v) is 7.33. The summed E-state index contributed by atoms with van der Waals surface area (Å²) in [5, 5.41) is 6.85. The lowest BCUT2D eigenvalue weighted by atomic mass is 10.0. The highest BCUT2D eigenvalue weighted by Gasteiger charge is 2.26. The van der Waals surface area contributed by atoms with Crippen molar-refractivity contribution in [2.75, 3.05) is 14.1 Å². The molecular weight excluding hydrogens is 388 g/mol. The average Bonchev–Trinajstić information content (AvgIpc) is 3.30. The van der Waals surface area contributed by atoms with Gasteiger partial charge in [0.25, 0.3) is 5.91 Å². The summed E-state index contributed by atoms with van der Waals surface area (Å²) in [5.74, 6) is 1.01. The van der Waals surface area contributed by atoms with Crippen molar-refractivity contribution in [1.29, 1.82) is 0 Å². The lowest BCUT2D eigenvalue weighted by molar-refractivity contribution is 0.0963. The van der Waals surface area contributed by atoms with Crippen LogP contribution in [0.1, 0.15) is 33.4 Å². The van der Waals surface area contributed by atoms with E-state index in [1.807, 2.05) is 79.8 Å². The summed E-state index contributed by atoms with van der Waals surface area (Å²) in [5.41, 5.74) is 3.70. The molecular formula is C25H24N4O2. The standard InChI is InChI=1S/C25H24N4O2/c1-26-24(30)21-15-13-18(14-16-21)17-29(2)22(19-9-5-3-6-10-19)25-27-23(28-31-25)20-11-7-4-8-12-20/h3-16,22H,17H2,1-2H3,(H,26,30)/t22-/m0/s1. The zero-order valence-electron chi connectivity index (χ0n) is 17.5. The molecule has 0 fully saturated rings. The van der Waals surface area contributed by atoms with Gasteiger partial charge in [-0.15, -0.1) is 0 Å². The Morgan fingerprint density at radius 3 is 2.26 bits per heavy atom. The van der Waals surface area contributed by atoms with E-state index in [9.17, 15) is 4.79 Å². The molecule has 4 rings (SSSR count). The third kappa shape index (κ3) is 4.70. The van der Waals surface area contributed by atoms with Crippen LogP contribution in [0, 0.1) is 0 Å². The van der Waals surface area contributed by atoms with Crippen molar-refractivity contribution in [2.45, 2.75) is 12.6 Å². The van der Waals surface area contributed by atoms with E-state index in [4.69, 9.17) is 9.51 Å². The first-order valence-electron chi connectivity index (χ1n) is 10.1. The Balaban J connectivity index is 1.61. The molecule has 1 heterocycles. The maximum absolute atomic E-state index is 11.8. The Bertz CT molecular complexity index is 1130. The quantitative estimate of drug-likeness (QED) is 0.490. The van der Waals surface area contributed by atoms with Gasteiger partial charge in [0.1, 0.15) is 6.04 Å². The van der Waals surface area contributed by atoms with Crippen molar-refractivity contribution in [3.8, 4) is 11.4 Å². The number of benzene rings is 3. The number of amides is 1. The Kier molecular flexibility index (Phi) is 6.19. The lowest BCUT2D eigenvalue weighted by Gasteiger charge is -2.25. The summed E-state index contributed by atoms with van der Waals surface area (Å²) in [4.78, 5) is 18.7. The van der Waals surface area contributed by atoms with Gasteiger partial charge in [-0.25, -0.2) is 0 Å². The highest BCUT2D eigenvalue weighted by molar-refractivity contribution is 5.93. The van der Waals surface area contributed by atoms with Crippen LogP contribution in [0.4, 0.5) is 0 Å². The van der Waals surface area contributed by atoms with Crippen LogP contribution in [0.25, 0.3) is 11.4 Å². The molecule has 6 heteroatoms. The Morgan fingerprint density at radius 1 is 0.968 bits per heavy atom. The number of carbonyl (C=O) groups is 1. The highest BCUT2D eigenvalue weighted by atomic mass is 16.5. The minimum atomic E-state index is -0.204. The lowest BCUT2D eigenvalue weighted by Crippen LogP contribution is -2.25. The van der Waals surface area contributed by atoms with Gasteiger partial charge in [0, 0.05) is 24.7 Å². The second-order valence-electron chi connectivity index (χ2n) is 7.33. The number of nitrogens with zero attached hydrogens (tertiary/aromatic N) is 3. The molecule has 0 aliphatic carbocycles. The topological polar surface area (TPSA) is 71.3 Å². The van der Waals surface area contributed by atoms with Gasteiger partial charge < -0.3 is 9.84 Å². The van der Waals surface area contributed by atoms with E-state index in [1.54, 1.807) is 7.05 Å². The first-order chi connectivity index (χ1) is 15.2. The van der Waals surface area contributed by atoms with Crippen molar-refractivity contribution < 1.29 is 9.32 Å². The van der Waals surface area contributed by atoms with Crippen LogP contribution in [0.5, 0.6) is 0 Å². The maximum atomic E-state index is 11.8. The van der Waals surface area contributed by atoms with Gasteiger partial charge in [-0.3, -0.25) is 9.69 Å². The van der Waals surface area contributed by atoms with E-state index in [0.717, 1.165) is 16.7 Å². The summed E-state index contributed by atoms with van der Waals surface area (Å²) >= 11 is 0. The fraction of sp³-hybridized carbons (Fsp3) is 0.160. The number of nitrogens with one attached hydrogen (secondary N) is 1. The molecule has 0 spiro atoms. The normalized spacial score (nSPS) is 12.0. The van der Waals surface area contributed by atoms with E-state index in [-0.39, 0.29) is 11.9 Å². The fourth-order valence-corrected chi connectivity index (χ4v) is 3.56. The van der Waals surface area contributed by atoms with Crippen molar-refractivity contribution in [2.24, 2.45) is 0 Å². The van der Waals surface area contributed by atoms with Crippen LogP contribution in [-0.4, -0.2) is 35.0 Å². The third-order valence-corrected chi connectivity index (χ3v) is 5.14. The molecule has 1 atom stereocenters. The number of aromatic nitrogens is 2. The van der Waals surface area contributed by atoms with Gasteiger partial charge in [-0.2, -0.15) is 4.98 Å². The van der Waals surface area contributed by atoms with Crippen LogP contribution in [0.15, 0.2) is 89.5 Å². The average molecular weight is 412 g/mol. The largest absolute Gasteiger partial charge is 0.355 e. The van der Waals surface area contributed by atoms with Gasteiger partial charge >= 0.3 is 0 Å². The Morgan fingerprint density at radius 2 is 1.61 bits per heavy atom. The van der Waals surface area contributed by atoms with Crippen molar-refractivity contribution in [1.82, 2.24) is 20.4 Å². The van der Waals surface area contributed by atoms with Gasteiger partial charge in [-0.05, 0) is 30.3 Å². The zero-order valence-corrected chi connectivity index (χ0v) is 17.5.